The molecule has 0 spiro atoms. The van der Waals surface area contributed by atoms with Crippen molar-refractivity contribution in [2.45, 2.75) is 0 Å². The first kappa shape index (κ1) is 14.0. The van der Waals surface area contributed by atoms with E-state index in [-0.39, 0.29) is 5.95 Å². The Morgan fingerprint density at radius 1 is 0.909 bits per heavy atom. The van der Waals surface area contributed by atoms with Crippen molar-refractivity contribution in [2.24, 2.45) is 0 Å². The van der Waals surface area contributed by atoms with Crippen LogP contribution >= 0.6 is 0 Å². The highest BCUT2D eigenvalue weighted by Gasteiger charge is 2.14. The standard InChI is InChI=1S/C15H16N4O3/c1-20-11-6-4-9(8-13(11)22-3)10-5-7-12(21-2)14-17-15(16)18-19(10)14/h4-8H,1-3H3,(H2,16,18). The molecule has 0 saturated carbocycles. The summed E-state index contributed by atoms with van der Waals surface area (Å²) in [5.41, 5.74) is 8.00. The third kappa shape index (κ3) is 2.16. The van der Waals surface area contributed by atoms with Gasteiger partial charge in [0.05, 0.1) is 27.0 Å². The van der Waals surface area contributed by atoms with Gasteiger partial charge in [0.2, 0.25) is 5.95 Å². The Labute approximate surface area is 127 Å². The summed E-state index contributed by atoms with van der Waals surface area (Å²) in [6, 6.07) is 9.35. The van der Waals surface area contributed by atoms with Crippen LogP contribution in [0.1, 0.15) is 0 Å². The molecule has 22 heavy (non-hydrogen) atoms. The molecule has 0 aliphatic carbocycles. The van der Waals surface area contributed by atoms with E-state index in [1.54, 1.807) is 25.8 Å². The van der Waals surface area contributed by atoms with Crippen LogP contribution in [0, 0.1) is 0 Å². The molecule has 0 aliphatic heterocycles. The number of hydrogen-bond acceptors (Lipinski definition) is 6. The van der Waals surface area contributed by atoms with Gasteiger partial charge >= 0.3 is 0 Å². The van der Waals surface area contributed by atoms with Gasteiger partial charge in [-0.15, -0.1) is 5.10 Å². The van der Waals surface area contributed by atoms with Crippen molar-refractivity contribution in [3.05, 3.63) is 30.3 Å². The summed E-state index contributed by atoms with van der Waals surface area (Å²) in [7, 11) is 4.77. The number of benzene rings is 1. The zero-order valence-corrected chi connectivity index (χ0v) is 12.5. The van der Waals surface area contributed by atoms with E-state index in [2.05, 4.69) is 10.1 Å². The fourth-order valence-electron chi connectivity index (χ4n) is 2.33. The molecule has 7 heteroatoms. The van der Waals surface area contributed by atoms with Crippen LogP contribution in [-0.2, 0) is 0 Å². The van der Waals surface area contributed by atoms with E-state index in [1.807, 2.05) is 30.3 Å². The second kappa shape index (κ2) is 5.44. The number of aromatic nitrogens is 3. The quantitative estimate of drug-likeness (QED) is 0.793. The maximum Gasteiger partial charge on any atom is 0.240 e. The number of rotatable bonds is 4. The van der Waals surface area contributed by atoms with Crippen molar-refractivity contribution in [2.75, 3.05) is 27.1 Å². The molecule has 0 fully saturated rings. The Morgan fingerprint density at radius 3 is 2.27 bits per heavy atom. The van der Waals surface area contributed by atoms with Gasteiger partial charge in [-0.05, 0) is 30.3 Å². The van der Waals surface area contributed by atoms with E-state index in [1.165, 1.54) is 0 Å². The maximum absolute atomic E-state index is 5.72. The number of hydrogen-bond donors (Lipinski definition) is 1. The van der Waals surface area contributed by atoms with Crippen molar-refractivity contribution in [1.82, 2.24) is 14.6 Å². The second-order valence-corrected chi connectivity index (χ2v) is 4.56. The average molecular weight is 300 g/mol. The number of nitrogens with zero attached hydrogens (tertiary/aromatic N) is 3. The van der Waals surface area contributed by atoms with Crippen molar-refractivity contribution in [1.29, 1.82) is 0 Å². The number of ether oxygens (including phenoxy) is 3. The molecule has 2 N–H and O–H groups in total. The summed E-state index contributed by atoms with van der Waals surface area (Å²) in [5.74, 6) is 2.09. The molecule has 0 unspecified atom stereocenters. The van der Waals surface area contributed by atoms with Crippen LogP contribution in [-0.4, -0.2) is 35.9 Å². The third-order valence-corrected chi connectivity index (χ3v) is 3.36. The normalized spacial score (nSPS) is 10.7. The first-order chi connectivity index (χ1) is 10.7. The third-order valence-electron chi connectivity index (χ3n) is 3.36. The molecule has 2 aromatic heterocycles. The molecular formula is C15H16N4O3. The zero-order valence-electron chi connectivity index (χ0n) is 12.5. The minimum absolute atomic E-state index is 0.186. The van der Waals surface area contributed by atoms with Crippen LogP contribution in [0.25, 0.3) is 16.9 Å². The molecule has 3 aromatic rings. The molecule has 3 rings (SSSR count). The minimum atomic E-state index is 0.186. The summed E-state index contributed by atoms with van der Waals surface area (Å²) in [5, 5.41) is 4.23. The lowest BCUT2D eigenvalue weighted by molar-refractivity contribution is 0.355. The summed E-state index contributed by atoms with van der Waals surface area (Å²) < 4.78 is 17.5. The van der Waals surface area contributed by atoms with Gasteiger partial charge < -0.3 is 19.9 Å². The second-order valence-electron chi connectivity index (χ2n) is 4.56. The maximum atomic E-state index is 5.72. The van der Waals surface area contributed by atoms with Gasteiger partial charge in [0.25, 0.3) is 0 Å². The number of pyridine rings is 1. The first-order valence-electron chi connectivity index (χ1n) is 6.59. The van der Waals surface area contributed by atoms with E-state index >= 15 is 0 Å². The molecule has 0 bridgehead atoms. The van der Waals surface area contributed by atoms with Crippen molar-refractivity contribution in [3.8, 4) is 28.5 Å². The van der Waals surface area contributed by atoms with Gasteiger partial charge in [0, 0.05) is 5.56 Å². The predicted octanol–water partition coefficient (Wildman–Crippen LogP) is 2.00. The molecular weight excluding hydrogens is 284 g/mol. The largest absolute Gasteiger partial charge is 0.493 e. The fraction of sp³-hybridized carbons (Fsp3) is 0.200. The van der Waals surface area contributed by atoms with E-state index in [0.29, 0.717) is 22.9 Å². The van der Waals surface area contributed by atoms with Gasteiger partial charge in [-0.1, -0.05) is 0 Å². The van der Waals surface area contributed by atoms with Crippen LogP contribution in [0.2, 0.25) is 0 Å². The van der Waals surface area contributed by atoms with Crippen molar-refractivity contribution >= 4 is 11.6 Å². The molecule has 0 aliphatic rings. The van der Waals surface area contributed by atoms with Crippen LogP contribution < -0.4 is 19.9 Å². The highest BCUT2D eigenvalue weighted by atomic mass is 16.5. The van der Waals surface area contributed by atoms with Gasteiger partial charge in [0.15, 0.2) is 22.9 Å². The van der Waals surface area contributed by atoms with Crippen molar-refractivity contribution < 1.29 is 14.2 Å². The summed E-state index contributed by atoms with van der Waals surface area (Å²) in [6.45, 7) is 0. The van der Waals surface area contributed by atoms with Gasteiger partial charge in [0.1, 0.15) is 0 Å². The molecule has 7 nitrogen and oxygen atoms in total. The molecule has 0 saturated heterocycles. The van der Waals surface area contributed by atoms with E-state index in [0.717, 1.165) is 11.3 Å². The topological polar surface area (TPSA) is 83.9 Å². The minimum Gasteiger partial charge on any atom is -0.493 e. The molecule has 0 amide bonds. The number of nitrogen functional groups attached to an aromatic ring is 1. The molecule has 2 heterocycles. The number of fused-ring (bicyclic) bond motifs is 1. The van der Waals surface area contributed by atoms with Gasteiger partial charge in [-0.2, -0.15) is 4.98 Å². The lowest BCUT2D eigenvalue weighted by atomic mass is 10.1. The molecule has 1 aromatic carbocycles. The monoisotopic (exact) mass is 300 g/mol. The molecule has 114 valence electrons. The van der Waals surface area contributed by atoms with Crippen LogP contribution in [0.3, 0.4) is 0 Å². The average Bonchev–Trinajstić information content (AvgIpc) is 2.94. The van der Waals surface area contributed by atoms with Crippen LogP contribution in [0.15, 0.2) is 30.3 Å². The fourth-order valence-corrected chi connectivity index (χ4v) is 2.33. The Morgan fingerprint density at radius 2 is 1.59 bits per heavy atom. The van der Waals surface area contributed by atoms with E-state index in [4.69, 9.17) is 19.9 Å². The summed E-state index contributed by atoms with van der Waals surface area (Å²) in [4.78, 5) is 4.20. The Hall–Kier alpha value is -2.96. The van der Waals surface area contributed by atoms with Crippen LogP contribution in [0.5, 0.6) is 17.2 Å². The molecule has 0 atom stereocenters. The van der Waals surface area contributed by atoms with Gasteiger partial charge in [-0.3, -0.25) is 0 Å². The lowest BCUT2D eigenvalue weighted by Crippen LogP contribution is -1.98. The van der Waals surface area contributed by atoms with E-state index < -0.39 is 0 Å². The Bertz CT molecular complexity index is 829. The number of methoxy groups -OCH3 is 3. The van der Waals surface area contributed by atoms with E-state index in [9.17, 15) is 0 Å². The first-order valence-corrected chi connectivity index (χ1v) is 6.59. The summed E-state index contributed by atoms with van der Waals surface area (Å²) >= 11 is 0. The van der Waals surface area contributed by atoms with Gasteiger partial charge in [-0.25, -0.2) is 4.52 Å². The molecule has 0 radical (unpaired) electrons. The Balaban J connectivity index is 2.22. The highest BCUT2D eigenvalue weighted by molar-refractivity contribution is 5.70. The lowest BCUT2D eigenvalue weighted by Gasteiger charge is -2.11. The summed E-state index contributed by atoms with van der Waals surface area (Å²) in [6.07, 6.45) is 0. The number of nitrogens with two attached hydrogens (primary N) is 1. The Kier molecular flexibility index (Phi) is 3.46. The SMILES string of the molecule is COc1ccc(-c2ccc(OC)c3nc(N)nn23)cc1OC. The smallest absolute Gasteiger partial charge is 0.240 e. The zero-order chi connectivity index (χ0) is 15.7. The van der Waals surface area contributed by atoms with Crippen LogP contribution in [0.4, 0.5) is 5.95 Å². The highest BCUT2D eigenvalue weighted by Crippen LogP contribution is 2.33. The predicted molar refractivity (Wildman–Crippen MR) is 82.5 cm³/mol. The number of anilines is 1. The van der Waals surface area contributed by atoms with Crippen molar-refractivity contribution in [3.63, 3.8) is 0 Å².